The summed E-state index contributed by atoms with van der Waals surface area (Å²) in [4.78, 5) is 20.5. The second kappa shape index (κ2) is 9.11. The molecule has 2 aliphatic heterocycles. The van der Waals surface area contributed by atoms with E-state index < -0.39 is 0 Å². The van der Waals surface area contributed by atoms with Crippen molar-refractivity contribution in [3.8, 4) is 0 Å². The summed E-state index contributed by atoms with van der Waals surface area (Å²) < 4.78 is 0. The van der Waals surface area contributed by atoms with Gasteiger partial charge in [-0.2, -0.15) is 0 Å². The lowest BCUT2D eigenvalue weighted by molar-refractivity contribution is -0.131. The number of hydrogen-bond donors (Lipinski definition) is 0. The van der Waals surface area contributed by atoms with Crippen LogP contribution in [-0.4, -0.2) is 59.8 Å². The fraction of sp³-hybridized carbons (Fsp3) is 0.591. The summed E-state index contributed by atoms with van der Waals surface area (Å²) in [6, 6.07) is 6.85. The van der Waals surface area contributed by atoms with Gasteiger partial charge in [0.2, 0.25) is 5.91 Å². The Hall–Kier alpha value is -2.15. The van der Waals surface area contributed by atoms with Gasteiger partial charge < -0.3 is 14.7 Å². The first-order valence-corrected chi connectivity index (χ1v) is 11.7. The van der Waals surface area contributed by atoms with Crippen molar-refractivity contribution < 1.29 is 4.79 Å². The monoisotopic (exact) mass is 413 g/mol. The molecule has 4 heterocycles. The van der Waals surface area contributed by atoms with Crippen LogP contribution in [0.3, 0.4) is 0 Å². The molecule has 0 radical (unpaired) electrons. The van der Waals surface area contributed by atoms with Gasteiger partial charge in [0, 0.05) is 50.1 Å². The molecule has 4 rings (SSSR count). The maximum Gasteiger partial charge on any atom is 0.223 e. The first-order valence-electron chi connectivity index (χ1n) is 10.8. The second-order valence-electron chi connectivity index (χ2n) is 8.18. The van der Waals surface area contributed by atoms with Crippen LogP contribution in [0.4, 0.5) is 11.6 Å². The van der Waals surface area contributed by atoms with Crippen molar-refractivity contribution in [3.63, 3.8) is 0 Å². The van der Waals surface area contributed by atoms with Gasteiger partial charge in [-0.25, -0.2) is 0 Å². The Labute approximate surface area is 177 Å². The molecule has 29 heavy (non-hydrogen) atoms. The summed E-state index contributed by atoms with van der Waals surface area (Å²) >= 11 is 1.75. The Kier molecular flexibility index (Phi) is 6.33. The van der Waals surface area contributed by atoms with Crippen LogP contribution < -0.4 is 9.80 Å². The molecule has 2 aromatic rings. The van der Waals surface area contributed by atoms with Crippen molar-refractivity contribution in [1.29, 1.82) is 0 Å². The first kappa shape index (κ1) is 20.1. The Morgan fingerprint density at radius 1 is 1.07 bits per heavy atom. The number of aromatic nitrogens is 2. The van der Waals surface area contributed by atoms with Gasteiger partial charge >= 0.3 is 0 Å². The number of thiophene rings is 1. The molecule has 6 nitrogen and oxygen atoms in total. The number of piperazine rings is 1. The summed E-state index contributed by atoms with van der Waals surface area (Å²) in [5.41, 5.74) is 1.30. The van der Waals surface area contributed by atoms with Gasteiger partial charge in [-0.3, -0.25) is 4.79 Å². The number of piperidine rings is 1. The number of carbonyl (C=O) groups excluding carboxylic acids is 1. The standard InChI is InChI=1S/C22H31N5OS/c1-17-10-16-29-19(17)6-9-22(28)26-14-12-25(13-15-26)20-7-8-21(24-23-20)27-11-4-3-5-18(27)2/h7-8,10,16,18H,3-6,9,11-15H2,1-2H3. The Morgan fingerprint density at radius 2 is 1.83 bits per heavy atom. The molecule has 2 fully saturated rings. The molecular weight excluding hydrogens is 382 g/mol. The third-order valence-electron chi connectivity index (χ3n) is 6.22. The molecule has 1 amide bonds. The van der Waals surface area contributed by atoms with E-state index in [4.69, 9.17) is 0 Å². The van der Waals surface area contributed by atoms with Crippen LogP contribution >= 0.6 is 11.3 Å². The van der Waals surface area contributed by atoms with Crippen LogP contribution in [0.2, 0.25) is 0 Å². The molecule has 0 N–H and O–H groups in total. The minimum atomic E-state index is 0.262. The minimum absolute atomic E-state index is 0.262. The lowest BCUT2D eigenvalue weighted by atomic mass is 10.0. The molecule has 0 aromatic carbocycles. The number of amides is 1. The van der Waals surface area contributed by atoms with Gasteiger partial charge in [-0.1, -0.05) is 0 Å². The fourth-order valence-corrected chi connectivity index (χ4v) is 5.21. The van der Waals surface area contributed by atoms with E-state index in [-0.39, 0.29) is 5.91 Å². The lowest BCUT2D eigenvalue weighted by Gasteiger charge is -2.36. The van der Waals surface area contributed by atoms with Gasteiger partial charge in [0.15, 0.2) is 11.6 Å². The summed E-state index contributed by atoms with van der Waals surface area (Å²) in [5, 5.41) is 11.1. The first-order chi connectivity index (χ1) is 14.1. The fourth-order valence-electron chi connectivity index (χ4n) is 4.30. The van der Waals surface area contributed by atoms with Crippen LogP contribution in [-0.2, 0) is 11.2 Å². The molecule has 0 spiro atoms. The highest BCUT2D eigenvalue weighted by molar-refractivity contribution is 7.10. The molecule has 2 aliphatic rings. The number of hydrogen-bond acceptors (Lipinski definition) is 6. The van der Waals surface area contributed by atoms with Crippen LogP contribution in [0.25, 0.3) is 0 Å². The maximum atomic E-state index is 12.6. The van der Waals surface area contributed by atoms with Crippen LogP contribution in [0.5, 0.6) is 0 Å². The molecule has 1 atom stereocenters. The van der Waals surface area contributed by atoms with Crippen molar-refractivity contribution in [3.05, 3.63) is 34.0 Å². The average Bonchev–Trinajstić information content (AvgIpc) is 3.17. The number of rotatable bonds is 5. The van der Waals surface area contributed by atoms with Crippen molar-refractivity contribution in [2.75, 3.05) is 42.5 Å². The van der Waals surface area contributed by atoms with Crippen LogP contribution in [0.1, 0.15) is 43.0 Å². The summed E-state index contributed by atoms with van der Waals surface area (Å²) in [5.74, 6) is 2.16. The van der Waals surface area contributed by atoms with E-state index in [2.05, 4.69) is 57.4 Å². The summed E-state index contributed by atoms with van der Waals surface area (Å²) in [7, 11) is 0. The maximum absolute atomic E-state index is 12.6. The van der Waals surface area contributed by atoms with E-state index in [1.54, 1.807) is 11.3 Å². The zero-order valence-electron chi connectivity index (χ0n) is 17.5. The van der Waals surface area contributed by atoms with Crippen LogP contribution in [0.15, 0.2) is 23.6 Å². The Balaban J connectivity index is 1.28. The summed E-state index contributed by atoms with van der Waals surface area (Å²) in [6.45, 7) is 8.61. The van der Waals surface area contributed by atoms with Gasteiger partial charge in [0.05, 0.1) is 0 Å². The Morgan fingerprint density at radius 3 is 2.48 bits per heavy atom. The lowest BCUT2D eigenvalue weighted by Crippen LogP contribution is -2.49. The van der Waals surface area contributed by atoms with Crippen molar-refractivity contribution >= 4 is 28.9 Å². The normalized spacial score (nSPS) is 20.2. The van der Waals surface area contributed by atoms with Crippen molar-refractivity contribution in [2.24, 2.45) is 0 Å². The molecule has 0 aliphatic carbocycles. The quantitative estimate of drug-likeness (QED) is 0.751. The second-order valence-corrected chi connectivity index (χ2v) is 9.18. The highest BCUT2D eigenvalue weighted by atomic mass is 32.1. The third kappa shape index (κ3) is 4.71. The smallest absolute Gasteiger partial charge is 0.223 e. The number of anilines is 2. The molecule has 2 aromatic heterocycles. The number of aryl methyl sites for hydroxylation is 2. The van der Waals surface area contributed by atoms with Gasteiger partial charge in [0.25, 0.3) is 0 Å². The van der Waals surface area contributed by atoms with Gasteiger partial charge in [-0.05, 0) is 68.7 Å². The largest absolute Gasteiger partial charge is 0.352 e. The summed E-state index contributed by atoms with van der Waals surface area (Å²) in [6.07, 6.45) is 5.22. The SMILES string of the molecule is Cc1ccsc1CCC(=O)N1CCN(c2ccc(N3CCCCC3C)nn2)CC1. The number of carbonyl (C=O) groups is 1. The number of nitrogens with zero attached hydrogens (tertiary/aromatic N) is 5. The van der Waals surface area contributed by atoms with Crippen molar-refractivity contribution in [2.45, 2.75) is 52.0 Å². The van der Waals surface area contributed by atoms with E-state index >= 15 is 0 Å². The molecule has 7 heteroatoms. The van der Waals surface area contributed by atoms with E-state index in [1.165, 1.54) is 29.7 Å². The molecule has 1 unspecified atom stereocenters. The average molecular weight is 414 g/mol. The van der Waals surface area contributed by atoms with E-state index in [0.29, 0.717) is 12.5 Å². The third-order valence-corrected chi connectivity index (χ3v) is 7.31. The molecule has 156 valence electrons. The van der Waals surface area contributed by atoms with E-state index in [9.17, 15) is 4.79 Å². The predicted octanol–water partition coefficient (Wildman–Crippen LogP) is 3.51. The van der Waals surface area contributed by atoms with E-state index in [1.807, 2.05) is 4.90 Å². The topological polar surface area (TPSA) is 52.6 Å². The van der Waals surface area contributed by atoms with Crippen LogP contribution in [0, 0.1) is 6.92 Å². The highest BCUT2D eigenvalue weighted by Gasteiger charge is 2.23. The predicted molar refractivity (Wildman–Crippen MR) is 119 cm³/mol. The van der Waals surface area contributed by atoms with Gasteiger partial charge in [-0.15, -0.1) is 21.5 Å². The molecule has 0 bridgehead atoms. The molecule has 0 saturated carbocycles. The Bertz CT molecular complexity index is 813. The minimum Gasteiger partial charge on any atom is -0.352 e. The zero-order valence-corrected chi connectivity index (χ0v) is 18.3. The highest BCUT2D eigenvalue weighted by Crippen LogP contribution is 2.24. The zero-order chi connectivity index (χ0) is 20.2. The molecule has 2 saturated heterocycles. The van der Waals surface area contributed by atoms with Crippen molar-refractivity contribution in [1.82, 2.24) is 15.1 Å². The van der Waals surface area contributed by atoms with E-state index in [0.717, 1.165) is 50.8 Å². The molecular formula is C22H31N5OS. The van der Waals surface area contributed by atoms with Gasteiger partial charge in [0.1, 0.15) is 0 Å².